The minimum Gasteiger partial charge on any atom is -0.326 e. The molecular formula is C14H16FNS2. The molecule has 1 aromatic heterocycles. The molecule has 0 spiro atoms. The largest absolute Gasteiger partial charge is 0.326 e. The van der Waals surface area contributed by atoms with Gasteiger partial charge in [-0.2, -0.15) is 0 Å². The lowest BCUT2D eigenvalue weighted by Gasteiger charge is -2.21. The van der Waals surface area contributed by atoms with E-state index >= 15 is 0 Å². The second-order valence-corrected chi connectivity index (χ2v) is 6.27. The van der Waals surface area contributed by atoms with Crippen molar-refractivity contribution in [2.45, 2.75) is 29.5 Å². The first kappa shape index (κ1) is 13.6. The zero-order chi connectivity index (χ0) is 13.0. The van der Waals surface area contributed by atoms with Gasteiger partial charge in [0.1, 0.15) is 5.82 Å². The molecule has 0 amide bonds. The van der Waals surface area contributed by atoms with E-state index in [9.17, 15) is 4.39 Å². The summed E-state index contributed by atoms with van der Waals surface area (Å²) in [5.41, 5.74) is 6.20. The van der Waals surface area contributed by atoms with Gasteiger partial charge in [0.2, 0.25) is 0 Å². The minimum atomic E-state index is -0.202. The minimum absolute atomic E-state index is 0.110. The average Bonchev–Trinajstić information content (AvgIpc) is 2.91. The molecule has 2 N–H and O–H groups in total. The summed E-state index contributed by atoms with van der Waals surface area (Å²) in [6.07, 6.45) is 0.927. The zero-order valence-electron chi connectivity index (χ0n) is 10.2. The Balaban J connectivity index is 2.17. The van der Waals surface area contributed by atoms with E-state index in [4.69, 9.17) is 5.73 Å². The summed E-state index contributed by atoms with van der Waals surface area (Å²) < 4.78 is 12.9. The van der Waals surface area contributed by atoms with Gasteiger partial charge in [-0.25, -0.2) is 4.39 Å². The van der Waals surface area contributed by atoms with Crippen molar-refractivity contribution < 1.29 is 4.39 Å². The van der Waals surface area contributed by atoms with Crippen LogP contribution in [0.15, 0.2) is 46.7 Å². The van der Waals surface area contributed by atoms with Gasteiger partial charge in [-0.15, -0.1) is 23.1 Å². The standard InChI is InChI=1S/C14H16FNS2/c1-2-12(16)14(13-4-3-9-17-13)18-11-7-5-10(15)6-8-11/h3-9,12,14H,2,16H2,1H3. The highest BCUT2D eigenvalue weighted by atomic mass is 32.2. The molecule has 1 nitrogen and oxygen atoms in total. The molecule has 2 rings (SSSR count). The fraction of sp³-hybridized carbons (Fsp3) is 0.286. The van der Waals surface area contributed by atoms with Gasteiger partial charge in [0.05, 0.1) is 5.25 Å². The lowest BCUT2D eigenvalue weighted by atomic mass is 10.1. The molecule has 2 aromatic rings. The van der Waals surface area contributed by atoms with E-state index in [-0.39, 0.29) is 17.1 Å². The summed E-state index contributed by atoms with van der Waals surface area (Å²) in [6.45, 7) is 2.09. The predicted octanol–water partition coefficient (Wildman–Crippen LogP) is 4.46. The van der Waals surface area contributed by atoms with Crippen LogP contribution in [0.2, 0.25) is 0 Å². The van der Waals surface area contributed by atoms with E-state index in [1.54, 1.807) is 23.1 Å². The third-order valence-corrected chi connectivity index (χ3v) is 5.27. The normalized spacial score (nSPS) is 14.4. The van der Waals surface area contributed by atoms with Crippen LogP contribution in [0.3, 0.4) is 0 Å². The Bertz CT molecular complexity index is 467. The lowest BCUT2D eigenvalue weighted by molar-refractivity contribution is 0.626. The summed E-state index contributed by atoms with van der Waals surface area (Å²) in [7, 11) is 0. The number of thiophene rings is 1. The van der Waals surface area contributed by atoms with Gasteiger partial charge in [0, 0.05) is 15.8 Å². The zero-order valence-corrected chi connectivity index (χ0v) is 11.8. The van der Waals surface area contributed by atoms with Gasteiger partial charge >= 0.3 is 0 Å². The Hall–Kier alpha value is -0.840. The van der Waals surface area contributed by atoms with Crippen LogP contribution in [0.1, 0.15) is 23.5 Å². The molecule has 0 aliphatic heterocycles. The van der Waals surface area contributed by atoms with Crippen molar-refractivity contribution in [1.82, 2.24) is 0 Å². The van der Waals surface area contributed by atoms with Gasteiger partial charge in [0.25, 0.3) is 0 Å². The number of benzene rings is 1. The van der Waals surface area contributed by atoms with Crippen molar-refractivity contribution in [2.75, 3.05) is 0 Å². The summed E-state index contributed by atoms with van der Waals surface area (Å²) in [6, 6.07) is 10.9. The topological polar surface area (TPSA) is 26.0 Å². The summed E-state index contributed by atoms with van der Waals surface area (Å²) in [5, 5.41) is 2.30. The van der Waals surface area contributed by atoms with Crippen LogP contribution in [-0.2, 0) is 0 Å². The third-order valence-electron chi connectivity index (χ3n) is 2.76. The molecule has 0 aliphatic rings. The SMILES string of the molecule is CCC(N)C(Sc1ccc(F)cc1)c1cccs1. The first-order valence-electron chi connectivity index (χ1n) is 5.92. The lowest BCUT2D eigenvalue weighted by Crippen LogP contribution is -2.25. The molecule has 1 aromatic carbocycles. The first-order valence-corrected chi connectivity index (χ1v) is 7.68. The van der Waals surface area contributed by atoms with Crippen molar-refractivity contribution in [3.8, 4) is 0 Å². The van der Waals surface area contributed by atoms with Gasteiger partial charge in [-0.3, -0.25) is 0 Å². The first-order chi connectivity index (χ1) is 8.70. The molecule has 0 bridgehead atoms. The maximum atomic E-state index is 12.9. The average molecular weight is 281 g/mol. The van der Waals surface area contributed by atoms with Crippen molar-refractivity contribution in [1.29, 1.82) is 0 Å². The maximum Gasteiger partial charge on any atom is 0.123 e. The molecule has 0 saturated heterocycles. The molecule has 1 heterocycles. The number of halogens is 1. The van der Waals surface area contributed by atoms with Crippen LogP contribution < -0.4 is 5.73 Å². The van der Waals surface area contributed by atoms with Crippen molar-refractivity contribution >= 4 is 23.1 Å². The van der Waals surface area contributed by atoms with E-state index in [2.05, 4.69) is 18.4 Å². The molecule has 2 unspecified atom stereocenters. The number of rotatable bonds is 5. The van der Waals surface area contributed by atoms with E-state index in [1.807, 2.05) is 18.2 Å². The molecule has 4 heteroatoms. The smallest absolute Gasteiger partial charge is 0.123 e. The number of nitrogens with two attached hydrogens (primary N) is 1. The van der Waals surface area contributed by atoms with Crippen molar-refractivity contribution in [2.24, 2.45) is 5.73 Å². The molecule has 18 heavy (non-hydrogen) atoms. The molecule has 0 saturated carbocycles. The second kappa shape index (κ2) is 6.36. The van der Waals surface area contributed by atoms with E-state index in [1.165, 1.54) is 17.0 Å². The monoisotopic (exact) mass is 281 g/mol. The Morgan fingerprint density at radius 3 is 2.56 bits per heavy atom. The van der Waals surface area contributed by atoms with Gasteiger partial charge in [-0.1, -0.05) is 13.0 Å². The number of hydrogen-bond acceptors (Lipinski definition) is 3. The van der Waals surface area contributed by atoms with Crippen LogP contribution in [0.5, 0.6) is 0 Å². The molecule has 96 valence electrons. The highest BCUT2D eigenvalue weighted by Crippen LogP contribution is 2.39. The summed E-state index contributed by atoms with van der Waals surface area (Å²) >= 11 is 3.43. The van der Waals surface area contributed by atoms with Crippen LogP contribution in [0, 0.1) is 5.82 Å². The fourth-order valence-electron chi connectivity index (χ4n) is 1.68. The van der Waals surface area contributed by atoms with Crippen molar-refractivity contribution in [3.63, 3.8) is 0 Å². The maximum absolute atomic E-state index is 12.9. The molecule has 0 aliphatic carbocycles. The third kappa shape index (κ3) is 3.34. The molecular weight excluding hydrogens is 265 g/mol. The Kier molecular flexibility index (Phi) is 4.80. The highest BCUT2D eigenvalue weighted by Gasteiger charge is 2.20. The quantitative estimate of drug-likeness (QED) is 0.819. The van der Waals surface area contributed by atoms with E-state index in [0.717, 1.165) is 11.3 Å². The second-order valence-electron chi connectivity index (χ2n) is 4.08. The molecule has 0 radical (unpaired) electrons. The number of hydrogen-bond donors (Lipinski definition) is 1. The molecule has 0 fully saturated rings. The van der Waals surface area contributed by atoms with Crippen molar-refractivity contribution in [3.05, 3.63) is 52.5 Å². The Morgan fingerprint density at radius 2 is 2.00 bits per heavy atom. The van der Waals surface area contributed by atoms with Crippen LogP contribution >= 0.6 is 23.1 Å². The van der Waals surface area contributed by atoms with Crippen LogP contribution in [0.4, 0.5) is 4.39 Å². The van der Waals surface area contributed by atoms with Gasteiger partial charge in [0.15, 0.2) is 0 Å². The fourth-order valence-corrected chi connectivity index (χ4v) is 3.92. The Morgan fingerprint density at radius 1 is 1.28 bits per heavy atom. The van der Waals surface area contributed by atoms with Gasteiger partial charge in [-0.05, 0) is 42.1 Å². The van der Waals surface area contributed by atoms with Gasteiger partial charge < -0.3 is 5.73 Å². The molecule has 2 atom stereocenters. The van der Waals surface area contributed by atoms with Crippen LogP contribution in [-0.4, -0.2) is 6.04 Å². The van der Waals surface area contributed by atoms with E-state index < -0.39 is 0 Å². The Labute approximate surface area is 115 Å². The summed E-state index contributed by atoms with van der Waals surface area (Å²) in [5.74, 6) is -0.202. The van der Waals surface area contributed by atoms with E-state index in [0.29, 0.717) is 0 Å². The highest BCUT2D eigenvalue weighted by molar-refractivity contribution is 7.99. The predicted molar refractivity (Wildman–Crippen MR) is 77.6 cm³/mol. The van der Waals surface area contributed by atoms with Crippen LogP contribution in [0.25, 0.3) is 0 Å². The number of thioether (sulfide) groups is 1. The summed E-state index contributed by atoms with van der Waals surface area (Å²) in [4.78, 5) is 2.33.